The van der Waals surface area contributed by atoms with E-state index in [0.717, 1.165) is 6.42 Å². The zero-order valence-electron chi connectivity index (χ0n) is 8.10. The van der Waals surface area contributed by atoms with Crippen LogP contribution in [0.3, 0.4) is 0 Å². The second-order valence-corrected chi connectivity index (χ2v) is 3.76. The van der Waals surface area contributed by atoms with E-state index >= 15 is 0 Å². The van der Waals surface area contributed by atoms with E-state index in [0.29, 0.717) is 17.8 Å². The number of aryl methyl sites for hydroxylation is 1. The molecule has 1 N–H and O–H groups in total. The van der Waals surface area contributed by atoms with E-state index in [1.807, 2.05) is 0 Å². The van der Waals surface area contributed by atoms with Crippen LogP contribution in [0.4, 0.5) is 11.5 Å². The van der Waals surface area contributed by atoms with E-state index in [-0.39, 0.29) is 5.69 Å². The van der Waals surface area contributed by atoms with Crippen molar-refractivity contribution in [2.75, 3.05) is 5.32 Å². The quantitative estimate of drug-likeness (QED) is 0.581. The molecule has 76 valence electrons. The average Bonchev–Trinajstić information content (AvgIpc) is 2.60. The van der Waals surface area contributed by atoms with E-state index in [2.05, 4.69) is 17.3 Å². The van der Waals surface area contributed by atoms with Crippen LogP contribution in [0.2, 0.25) is 0 Å². The van der Waals surface area contributed by atoms with Crippen LogP contribution in [0.15, 0.2) is 6.20 Å². The number of nitrogens with one attached hydrogen (secondary N) is 1. The molecule has 14 heavy (non-hydrogen) atoms. The van der Waals surface area contributed by atoms with Crippen molar-refractivity contribution in [3.8, 4) is 0 Å². The minimum atomic E-state index is -0.414. The normalized spacial score (nSPS) is 24.7. The average molecular weight is 196 g/mol. The molecule has 0 amide bonds. The lowest BCUT2D eigenvalue weighted by molar-refractivity contribution is -0.384. The Morgan fingerprint density at radius 1 is 1.79 bits per heavy atom. The lowest BCUT2D eigenvalue weighted by atomic mass is 10.4. The zero-order valence-corrected chi connectivity index (χ0v) is 8.10. The maximum Gasteiger partial charge on any atom is 0.330 e. The fraction of sp³-hybridized carbons (Fsp3) is 0.625. The summed E-state index contributed by atoms with van der Waals surface area (Å²) < 4.78 is 1.45. The van der Waals surface area contributed by atoms with E-state index in [4.69, 9.17) is 0 Å². The van der Waals surface area contributed by atoms with Gasteiger partial charge in [0.15, 0.2) is 0 Å². The monoisotopic (exact) mass is 196 g/mol. The van der Waals surface area contributed by atoms with Crippen molar-refractivity contribution in [3.63, 3.8) is 0 Å². The summed E-state index contributed by atoms with van der Waals surface area (Å²) in [4.78, 5) is 10.2. The van der Waals surface area contributed by atoms with E-state index in [1.54, 1.807) is 7.05 Å². The number of anilines is 1. The Balaban J connectivity index is 2.18. The number of nitro groups is 1. The Bertz CT molecular complexity index is 373. The van der Waals surface area contributed by atoms with Gasteiger partial charge in [-0.3, -0.25) is 14.8 Å². The van der Waals surface area contributed by atoms with Gasteiger partial charge in [0.2, 0.25) is 5.82 Å². The number of hydrogen-bond donors (Lipinski definition) is 1. The van der Waals surface area contributed by atoms with Crippen molar-refractivity contribution >= 4 is 11.5 Å². The van der Waals surface area contributed by atoms with Gasteiger partial charge in [-0.15, -0.1) is 5.10 Å². The van der Waals surface area contributed by atoms with Crippen molar-refractivity contribution in [1.82, 2.24) is 9.78 Å². The first kappa shape index (κ1) is 8.98. The van der Waals surface area contributed by atoms with Gasteiger partial charge in [-0.1, -0.05) is 6.92 Å². The Labute approximate surface area is 81.1 Å². The van der Waals surface area contributed by atoms with Crippen LogP contribution in [0.25, 0.3) is 0 Å². The van der Waals surface area contributed by atoms with Gasteiger partial charge in [0.25, 0.3) is 0 Å². The second kappa shape index (κ2) is 2.97. The predicted molar refractivity (Wildman–Crippen MR) is 51.1 cm³/mol. The van der Waals surface area contributed by atoms with Crippen molar-refractivity contribution in [2.24, 2.45) is 13.0 Å². The molecule has 1 aliphatic rings. The SMILES string of the molecule is CC1CC1Nc1nn(C)cc1[N+](=O)[O-]. The molecule has 0 spiro atoms. The molecule has 6 nitrogen and oxygen atoms in total. The van der Waals surface area contributed by atoms with Crippen LogP contribution in [-0.2, 0) is 7.05 Å². The largest absolute Gasteiger partial charge is 0.360 e. The lowest BCUT2D eigenvalue weighted by Crippen LogP contribution is -2.06. The molecule has 0 aromatic carbocycles. The van der Waals surface area contributed by atoms with Gasteiger partial charge in [0, 0.05) is 13.1 Å². The number of rotatable bonds is 3. The highest BCUT2D eigenvalue weighted by Crippen LogP contribution is 2.34. The fourth-order valence-electron chi connectivity index (χ4n) is 1.41. The summed E-state index contributed by atoms with van der Waals surface area (Å²) in [5.41, 5.74) is 0.0478. The van der Waals surface area contributed by atoms with Crippen LogP contribution in [0, 0.1) is 16.0 Å². The molecular weight excluding hydrogens is 184 g/mol. The first-order valence-electron chi connectivity index (χ1n) is 4.52. The third-order valence-corrected chi connectivity index (χ3v) is 2.44. The van der Waals surface area contributed by atoms with Crippen molar-refractivity contribution < 1.29 is 4.92 Å². The molecule has 1 saturated carbocycles. The van der Waals surface area contributed by atoms with Crippen LogP contribution in [0.5, 0.6) is 0 Å². The van der Waals surface area contributed by atoms with Gasteiger partial charge in [-0.05, 0) is 12.3 Å². The molecule has 0 radical (unpaired) electrons. The van der Waals surface area contributed by atoms with Crippen LogP contribution in [-0.4, -0.2) is 20.7 Å². The molecule has 1 aromatic heterocycles. The van der Waals surface area contributed by atoms with Crippen molar-refractivity contribution in [2.45, 2.75) is 19.4 Å². The van der Waals surface area contributed by atoms with Crippen LogP contribution in [0.1, 0.15) is 13.3 Å². The lowest BCUT2D eigenvalue weighted by Gasteiger charge is -1.98. The van der Waals surface area contributed by atoms with Gasteiger partial charge >= 0.3 is 5.69 Å². The summed E-state index contributed by atoms with van der Waals surface area (Å²) in [5.74, 6) is 0.975. The Kier molecular flexibility index (Phi) is 1.90. The van der Waals surface area contributed by atoms with Gasteiger partial charge in [-0.2, -0.15) is 0 Å². The molecule has 2 unspecified atom stereocenters. The number of aromatic nitrogens is 2. The molecule has 1 aliphatic carbocycles. The minimum absolute atomic E-state index is 0.0478. The highest BCUT2D eigenvalue weighted by molar-refractivity contribution is 5.55. The minimum Gasteiger partial charge on any atom is -0.360 e. The third-order valence-electron chi connectivity index (χ3n) is 2.44. The summed E-state index contributed by atoms with van der Waals surface area (Å²) in [6.07, 6.45) is 2.48. The van der Waals surface area contributed by atoms with E-state index in [9.17, 15) is 10.1 Å². The third kappa shape index (κ3) is 1.55. The number of nitrogens with zero attached hydrogens (tertiary/aromatic N) is 3. The van der Waals surface area contributed by atoms with E-state index in [1.165, 1.54) is 10.9 Å². The fourth-order valence-corrected chi connectivity index (χ4v) is 1.41. The highest BCUT2D eigenvalue weighted by atomic mass is 16.6. The summed E-state index contributed by atoms with van der Waals surface area (Å²) in [5, 5.41) is 17.7. The molecular formula is C8H12N4O2. The molecule has 1 heterocycles. The first-order valence-corrected chi connectivity index (χ1v) is 4.52. The standard InChI is InChI=1S/C8H12N4O2/c1-5-3-6(5)9-8-7(12(13)14)4-11(2)10-8/h4-6H,3H2,1-2H3,(H,9,10). The molecule has 6 heteroatoms. The van der Waals surface area contributed by atoms with Crippen LogP contribution >= 0.6 is 0 Å². The summed E-state index contributed by atoms with van der Waals surface area (Å²) in [6, 6.07) is 0.351. The summed E-state index contributed by atoms with van der Waals surface area (Å²) in [7, 11) is 1.68. The number of hydrogen-bond acceptors (Lipinski definition) is 4. The van der Waals surface area contributed by atoms with Gasteiger partial charge in [-0.25, -0.2) is 0 Å². The van der Waals surface area contributed by atoms with Gasteiger partial charge in [0.05, 0.1) is 4.92 Å². The smallest absolute Gasteiger partial charge is 0.330 e. The maximum absolute atomic E-state index is 10.6. The molecule has 0 aliphatic heterocycles. The van der Waals surface area contributed by atoms with Crippen molar-refractivity contribution in [3.05, 3.63) is 16.3 Å². The topological polar surface area (TPSA) is 73.0 Å². The Hall–Kier alpha value is -1.59. The molecule has 0 bridgehead atoms. The highest BCUT2D eigenvalue weighted by Gasteiger charge is 2.35. The second-order valence-electron chi connectivity index (χ2n) is 3.76. The molecule has 1 aromatic rings. The van der Waals surface area contributed by atoms with Crippen LogP contribution < -0.4 is 5.32 Å². The van der Waals surface area contributed by atoms with Gasteiger partial charge in [0.1, 0.15) is 6.20 Å². The van der Waals surface area contributed by atoms with E-state index < -0.39 is 4.92 Å². The molecule has 2 atom stereocenters. The summed E-state index contributed by atoms with van der Waals surface area (Å²) in [6.45, 7) is 2.10. The maximum atomic E-state index is 10.6. The molecule has 0 saturated heterocycles. The Morgan fingerprint density at radius 3 is 2.93 bits per heavy atom. The molecule has 2 rings (SSSR count). The first-order chi connectivity index (χ1) is 6.58. The predicted octanol–water partition coefficient (Wildman–Crippen LogP) is 1.15. The van der Waals surface area contributed by atoms with Crippen molar-refractivity contribution in [1.29, 1.82) is 0 Å². The van der Waals surface area contributed by atoms with Gasteiger partial charge < -0.3 is 5.32 Å². The summed E-state index contributed by atoms with van der Waals surface area (Å²) >= 11 is 0. The Morgan fingerprint density at radius 2 is 2.43 bits per heavy atom. The molecule has 1 fully saturated rings. The zero-order chi connectivity index (χ0) is 10.3.